The summed E-state index contributed by atoms with van der Waals surface area (Å²) in [7, 11) is -2.99. The molecule has 4 heterocycles. The number of aromatic nitrogens is 4. The molecule has 196 valence electrons. The molecular formula is C17H27N5O10P2S. The Morgan fingerprint density at radius 1 is 1.40 bits per heavy atom. The van der Waals surface area contributed by atoms with Crippen molar-refractivity contribution in [3.63, 3.8) is 0 Å². The van der Waals surface area contributed by atoms with Gasteiger partial charge >= 0.3 is 7.82 Å². The van der Waals surface area contributed by atoms with Crippen LogP contribution in [-0.2, 0) is 36.7 Å². The fourth-order valence-electron chi connectivity index (χ4n) is 3.64. The predicted molar refractivity (Wildman–Crippen MR) is 126 cm³/mol. The smallest absolute Gasteiger partial charge is 0.387 e. The number of rotatable bonds is 4. The van der Waals surface area contributed by atoms with E-state index in [2.05, 4.69) is 15.0 Å². The van der Waals surface area contributed by atoms with Crippen LogP contribution in [0.1, 0.15) is 13.2 Å². The molecule has 0 aromatic carbocycles. The van der Waals surface area contributed by atoms with E-state index >= 15 is 0 Å². The van der Waals surface area contributed by atoms with Crippen molar-refractivity contribution in [2.75, 3.05) is 39.4 Å². The lowest BCUT2D eigenvalue weighted by molar-refractivity contribution is -0.0627. The highest BCUT2D eigenvalue weighted by Crippen LogP contribution is 2.56. The molecule has 8 atom stereocenters. The Morgan fingerprint density at radius 2 is 2.17 bits per heavy atom. The maximum absolute atomic E-state index is 13.0. The first kappa shape index (κ1) is 26.9. The molecule has 2 aromatic heterocycles. The zero-order chi connectivity index (χ0) is 25.3. The van der Waals surface area contributed by atoms with E-state index in [1.54, 1.807) is 13.2 Å². The summed E-state index contributed by atoms with van der Waals surface area (Å²) in [6.07, 6.45) is -2.47. The zero-order valence-electron chi connectivity index (χ0n) is 19.3. The molecule has 18 heteroatoms. The molecule has 2 saturated heterocycles. The van der Waals surface area contributed by atoms with Gasteiger partial charge < -0.3 is 29.4 Å². The first-order valence-corrected chi connectivity index (χ1v) is 14.9. The molecule has 2 bridgehead atoms. The number of aromatic amines is 1. The highest BCUT2D eigenvalue weighted by Gasteiger charge is 2.49. The van der Waals surface area contributed by atoms with Gasteiger partial charge in [-0.25, -0.2) is 9.55 Å². The molecule has 2 aromatic rings. The monoisotopic (exact) mass is 555 g/mol. The van der Waals surface area contributed by atoms with Crippen molar-refractivity contribution in [2.24, 2.45) is 0 Å². The van der Waals surface area contributed by atoms with E-state index in [1.807, 2.05) is 0 Å². The molecule has 0 amide bonds. The van der Waals surface area contributed by atoms with Crippen molar-refractivity contribution in [1.82, 2.24) is 19.5 Å². The van der Waals surface area contributed by atoms with Crippen LogP contribution in [0.2, 0.25) is 0 Å². The normalized spacial score (nSPS) is 37.0. The highest BCUT2D eigenvalue weighted by atomic mass is 32.7. The van der Waals surface area contributed by atoms with E-state index in [1.165, 1.54) is 36.5 Å². The third kappa shape index (κ3) is 5.58. The molecule has 4 N–H and O–H groups in total. The van der Waals surface area contributed by atoms with E-state index in [4.69, 9.17) is 37.8 Å². The van der Waals surface area contributed by atoms with Crippen molar-refractivity contribution in [2.45, 2.75) is 43.7 Å². The van der Waals surface area contributed by atoms with Crippen LogP contribution in [0.15, 0.2) is 11.1 Å². The second-order valence-corrected chi connectivity index (χ2v) is 12.6. The SMILES string of the molecule is COC1COP(SC)OC2C(O)C(COP(=O)(OC)O[C@@H]1C)OC2n1cnc2c(=O)[nH]c(N)nc21. The van der Waals surface area contributed by atoms with E-state index in [9.17, 15) is 14.5 Å². The number of fused-ring (bicyclic) bond motifs is 3. The Balaban J connectivity index is 1.71. The number of phosphoric ester groups is 1. The third-order valence-corrected chi connectivity index (χ3v) is 9.53. The van der Waals surface area contributed by atoms with Gasteiger partial charge in [-0.1, -0.05) is 11.4 Å². The first-order valence-electron chi connectivity index (χ1n) is 10.4. The number of nitrogens with one attached hydrogen (secondary N) is 1. The van der Waals surface area contributed by atoms with Gasteiger partial charge in [0.05, 0.1) is 25.6 Å². The number of hydrogen-bond donors (Lipinski definition) is 3. The number of anilines is 1. The number of aliphatic hydroxyl groups excluding tert-OH is 1. The number of methoxy groups -OCH3 is 1. The molecule has 2 aliphatic heterocycles. The molecule has 0 saturated carbocycles. The van der Waals surface area contributed by atoms with E-state index in [-0.39, 0.29) is 30.3 Å². The summed E-state index contributed by atoms with van der Waals surface area (Å²) in [6.45, 7) is 1.33. The number of ether oxygens (including phenoxy) is 2. The molecule has 2 fully saturated rings. The second kappa shape index (κ2) is 11.1. The Kier molecular flexibility index (Phi) is 8.51. The van der Waals surface area contributed by atoms with Crippen LogP contribution >= 0.6 is 26.8 Å². The number of aliphatic hydroxyl groups is 1. The van der Waals surface area contributed by atoms with Crippen LogP contribution < -0.4 is 11.3 Å². The van der Waals surface area contributed by atoms with Crippen LogP contribution in [0, 0.1) is 0 Å². The Bertz CT molecular complexity index is 1140. The largest absolute Gasteiger partial charge is 0.474 e. The quantitative estimate of drug-likeness (QED) is 0.455. The number of imidazole rings is 1. The lowest BCUT2D eigenvalue weighted by atomic mass is 10.1. The van der Waals surface area contributed by atoms with Gasteiger partial charge in [-0.3, -0.25) is 27.9 Å². The first-order chi connectivity index (χ1) is 16.7. The number of nitrogen functional groups attached to an aromatic ring is 1. The average Bonchev–Trinajstić information content (AvgIpc) is 3.37. The molecule has 4 rings (SSSR count). The van der Waals surface area contributed by atoms with Crippen LogP contribution in [0.5, 0.6) is 0 Å². The number of nitrogens with zero attached hydrogens (tertiary/aromatic N) is 3. The number of hydrogen-bond acceptors (Lipinski definition) is 14. The van der Waals surface area contributed by atoms with Crippen LogP contribution in [0.3, 0.4) is 0 Å². The zero-order valence-corrected chi connectivity index (χ0v) is 21.9. The van der Waals surface area contributed by atoms with Crippen LogP contribution in [0.4, 0.5) is 5.95 Å². The van der Waals surface area contributed by atoms with Crippen molar-refractivity contribution in [3.8, 4) is 0 Å². The number of H-pyrrole nitrogens is 1. The topological polar surface area (TPSA) is 192 Å². The van der Waals surface area contributed by atoms with Gasteiger partial charge in [-0.05, 0) is 13.2 Å². The van der Waals surface area contributed by atoms with Gasteiger partial charge in [-0.15, -0.1) is 0 Å². The van der Waals surface area contributed by atoms with Crippen LogP contribution in [-0.4, -0.2) is 88.8 Å². The van der Waals surface area contributed by atoms with Gasteiger partial charge in [-0.2, -0.15) is 4.98 Å². The maximum Gasteiger partial charge on any atom is 0.474 e. The van der Waals surface area contributed by atoms with Gasteiger partial charge in [0.2, 0.25) is 13.5 Å². The standard InChI is InChI=1S/C17H27N5O10P2S/c1-8-9(26-2)5-28-33(35-4)31-13-12(23)10(6-29-34(25,27-3)32-8)30-16(13)22-7-19-11-14(22)20-17(18)21-15(11)24/h7-10,12-13,16,23H,5-6H2,1-4H3,(H3,18,20,21,24)/t8-,9?,10?,12?,13?,16?,33?,34?/m1/s1. The summed E-state index contributed by atoms with van der Waals surface area (Å²) in [4.78, 5) is 22.9. The maximum atomic E-state index is 13.0. The lowest BCUT2D eigenvalue weighted by Crippen LogP contribution is -2.35. The molecule has 0 spiro atoms. The number of phosphoric acid groups is 1. The summed E-state index contributed by atoms with van der Waals surface area (Å²) < 4.78 is 54.0. The fraction of sp³-hybridized carbons (Fsp3) is 0.706. The van der Waals surface area contributed by atoms with Crippen LogP contribution in [0.25, 0.3) is 11.2 Å². The molecule has 35 heavy (non-hydrogen) atoms. The predicted octanol–water partition coefficient (Wildman–Crippen LogP) is 1.16. The summed E-state index contributed by atoms with van der Waals surface area (Å²) in [5, 5.41) is 11.1. The highest BCUT2D eigenvalue weighted by molar-refractivity contribution is 8.52. The molecular weight excluding hydrogens is 528 g/mol. The Labute approximate surface area is 205 Å². The number of nitrogens with two attached hydrogens (primary N) is 1. The molecule has 15 nitrogen and oxygen atoms in total. The molecule has 2 aliphatic rings. The van der Waals surface area contributed by atoms with E-state index in [0.29, 0.717) is 0 Å². The minimum absolute atomic E-state index is 0.0303. The minimum atomic E-state index is -4.04. The van der Waals surface area contributed by atoms with E-state index in [0.717, 1.165) is 0 Å². The third-order valence-electron chi connectivity index (χ3n) is 5.48. The van der Waals surface area contributed by atoms with E-state index < -0.39 is 57.7 Å². The summed E-state index contributed by atoms with van der Waals surface area (Å²) in [5.41, 5.74) is 5.34. The minimum Gasteiger partial charge on any atom is -0.387 e. The summed E-state index contributed by atoms with van der Waals surface area (Å²) in [6, 6.07) is 0. The average molecular weight is 555 g/mol. The van der Waals surface area contributed by atoms with Gasteiger partial charge in [0.25, 0.3) is 5.56 Å². The van der Waals surface area contributed by atoms with Gasteiger partial charge in [0.1, 0.15) is 24.4 Å². The lowest BCUT2D eigenvalue weighted by Gasteiger charge is -2.28. The van der Waals surface area contributed by atoms with Gasteiger partial charge in [0, 0.05) is 14.2 Å². The molecule has 0 aliphatic carbocycles. The van der Waals surface area contributed by atoms with Gasteiger partial charge in [0.15, 0.2) is 17.4 Å². The summed E-state index contributed by atoms with van der Waals surface area (Å²) >= 11 is 1.30. The van der Waals surface area contributed by atoms with Crippen molar-refractivity contribution in [1.29, 1.82) is 0 Å². The second-order valence-electron chi connectivity index (χ2n) is 7.61. The summed E-state index contributed by atoms with van der Waals surface area (Å²) in [5.74, 6) is -0.116. The van der Waals surface area contributed by atoms with Crippen molar-refractivity contribution < 1.29 is 41.8 Å². The fourth-order valence-corrected chi connectivity index (χ4v) is 6.77. The van der Waals surface area contributed by atoms with Crippen molar-refractivity contribution >= 4 is 43.9 Å². The Hall–Kier alpha value is -1.16. The molecule has 7 unspecified atom stereocenters. The van der Waals surface area contributed by atoms with Crippen molar-refractivity contribution in [3.05, 3.63) is 16.7 Å². The Morgan fingerprint density at radius 3 is 2.86 bits per heavy atom. The molecule has 0 radical (unpaired) electrons.